The van der Waals surface area contributed by atoms with Gasteiger partial charge in [-0.15, -0.1) is 23.7 Å². The standard InChI is InChI=1S/C22H21ClFN3O3S.ClH/c23-16-4-2-5-17(19(16)24)30-15-7-9-22(10-8-15,20(28)29)13-14-3-1-6-18(26-14)27-21-25-11-12-31-21;/h1-6,11-12,15H,7-10,13H2,(H,28,29)(H,25,26,27);1H. The van der Waals surface area contributed by atoms with Gasteiger partial charge in [0.15, 0.2) is 16.7 Å². The smallest absolute Gasteiger partial charge is 0.310 e. The van der Waals surface area contributed by atoms with Crippen molar-refractivity contribution in [2.24, 2.45) is 5.41 Å². The number of hydrogen-bond acceptors (Lipinski definition) is 6. The van der Waals surface area contributed by atoms with Crippen molar-refractivity contribution in [1.29, 1.82) is 0 Å². The van der Waals surface area contributed by atoms with Crippen LogP contribution in [0.4, 0.5) is 15.3 Å². The van der Waals surface area contributed by atoms with Gasteiger partial charge in [-0.05, 0) is 49.9 Å². The fourth-order valence-electron chi connectivity index (χ4n) is 3.87. The molecule has 3 aromatic rings. The number of halogens is 3. The number of aromatic nitrogens is 2. The summed E-state index contributed by atoms with van der Waals surface area (Å²) in [6.07, 6.45) is 3.61. The largest absolute Gasteiger partial charge is 0.487 e. The number of thiazole rings is 1. The van der Waals surface area contributed by atoms with Gasteiger partial charge >= 0.3 is 5.97 Å². The van der Waals surface area contributed by atoms with E-state index in [-0.39, 0.29) is 29.3 Å². The van der Waals surface area contributed by atoms with Crippen LogP contribution in [0.2, 0.25) is 5.02 Å². The van der Waals surface area contributed by atoms with Gasteiger partial charge < -0.3 is 15.2 Å². The van der Waals surface area contributed by atoms with Crippen LogP contribution in [-0.4, -0.2) is 27.1 Å². The fraction of sp³-hybridized carbons (Fsp3) is 0.318. The van der Waals surface area contributed by atoms with Crippen molar-refractivity contribution in [3.8, 4) is 5.75 Å². The summed E-state index contributed by atoms with van der Waals surface area (Å²) in [6, 6.07) is 10.1. The third kappa shape index (κ3) is 5.49. The third-order valence-electron chi connectivity index (χ3n) is 5.55. The van der Waals surface area contributed by atoms with Gasteiger partial charge in [0.1, 0.15) is 5.82 Å². The van der Waals surface area contributed by atoms with Crippen molar-refractivity contribution >= 4 is 52.3 Å². The molecule has 2 heterocycles. The number of nitrogens with zero attached hydrogens (tertiary/aromatic N) is 2. The molecule has 1 aliphatic rings. The van der Waals surface area contributed by atoms with Crippen LogP contribution in [0.25, 0.3) is 0 Å². The Kier molecular flexibility index (Phi) is 7.92. The Hall–Kier alpha value is -2.42. The van der Waals surface area contributed by atoms with Crippen LogP contribution in [0.15, 0.2) is 48.0 Å². The number of anilines is 2. The molecular weight excluding hydrogens is 476 g/mol. The van der Waals surface area contributed by atoms with Crippen molar-refractivity contribution in [3.63, 3.8) is 0 Å². The molecule has 170 valence electrons. The molecule has 32 heavy (non-hydrogen) atoms. The molecule has 1 saturated carbocycles. The minimum atomic E-state index is -0.931. The predicted molar refractivity (Wildman–Crippen MR) is 125 cm³/mol. The number of pyridine rings is 1. The maximum absolute atomic E-state index is 14.1. The Balaban J connectivity index is 0.00000289. The molecule has 0 atom stereocenters. The first-order valence-corrected chi connectivity index (χ1v) is 11.2. The SMILES string of the molecule is Cl.O=C(O)C1(Cc2cccc(Nc3nccs3)n2)CCC(Oc2cccc(Cl)c2F)CC1. The van der Waals surface area contributed by atoms with Crippen molar-refractivity contribution < 1.29 is 19.0 Å². The van der Waals surface area contributed by atoms with Gasteiger partial charge in [-0.25, -0.2) is 14.4 Å². The zero-order valence-corrected chi connectivity index (χ0v) is 19.4. The summed E-state index contributed by atoms with van der Waals surface area (Å²) >= 11 is 7.28. The van der Waals surface area contributed by atoms with Crippen LogP contribution >= 0.6 is 35.3 Å². The van der Waals surface area contributed by atoms with Gasteiger partial charge in [-0.2, -0.15) is 0 Å². The Morgan fingerprint density at radius 2 is 2.03 bits per heavy atom. The quantitative estimate of drug-likeness (QED) is 0.408. The van der Waals surface area contributed by atoms with E-state index in [0.717, 1.165) is 5.13 Å². The van der Waals surface area contributed by atoms with E-state index in [2.05, 4.69) is 15.3 Å². The average molecular weight is 498 g/mol. The lowest BCUT2D eigenvalue weighted by molar-refractivity contribution is -0.152. The van der Waals surface area contributed by atoms with E-state index in [1.54, 1.807) is 12.3 Å². The molecule has 0 aliphatic heterocycles. The molecule has 1 aliphatic carbocycles. The second-order valence-electron chi connectivity index (χ2n) is 7.61. The first-order chi connectivity index (χ1) is 14.9. The number of carboxylic acids is 1. The summed E-state index contributed by atoms with van der Waals surface area (Å²) in [5, 5.41) is 15.7. The minimum absolute atomic E-state index is 0. The highest BCUT2D eigenvalue weighted by molar-refractivity contribution is 7.13. The Bertz CT molecular complexity index is 1060. The van der Waals surface area contributed by atoms with Crippen molar-refractivity contribution in [1.82, 2.24) is 9.97 Å². The molecule has 0 unspecified atom stereocenters. The van der Waals surface area contributed by atoms with Crippen molar-refractivity contribution in [2.75, 3.05) is 5.32 Å². The highest BCUT2D eigenvalue weighted by Crippen LogP contribution is 2.41. The fourth-order valence-corrected chi connectivity index (χ4v) is 4.57. The average Bonchev–Trinajstić information content (AvgIpc) is 3.26. The Morgan fingerprint density at radius 3 is 2.72 bits per heavy atom. The summed E-state index contributed by atoms with van der Waals surface area (Å²) in [4.78, 5) is 21.0. The highest BCUT2D eigenvalue weighted by Gasteiger charge is 2.43. The number of carboxylic acid groups (broad SMARTS) is 1. The Labute approximate surface area is 200 Å². The number of nitrogens with one attached hydrogen (secondary N) is 1. The predicted octanol–water partition coefficient (Wildman–Crippen LogP) is 6.13. The molecule has 2 N–H and O–H groups in total. The van der Waals surface area contributed by atoms with Gasteiger partial charge in [0.2, 0.25) is 0 Å². The Morgan fingerprint density at radius 1 is 1.28 bits per heavy atom. The number of rotatable bonds is 7. The van der Waals surface area contributed by atoms with Gasteiger partial charge in [0.25, 0.3) is 0 Å². The first-order valence-electron chi connectivity index (χ1n) is 9.92. The second-order valence-corrected chi connectivity index (χ2v) is 8.91. The summed E-state index contributed by atoms with van der Waals surface area (Å²) in [6.45, 7) is 0. The molecular formula is C22H22Cl2FN3O3S. The molecule has 1 fully saturated rings. The zero-order chi connectivity index (χ0) is 21.8. The van der Waals surface area contributed by atoms with E-state index >= 15 is 0 Å². The maximum atomic E-state index is 14.1. The summed E-state index contributed by atoms with van der Waals surface area (Å²) in [5.41, 5.74) is -0.233. The van der Waals surface area contributed by atoms with Crippen LogP contribution < -0.4 is 10.1 Å². The topological polar surface area (TPSA) is 84.3 Å². The number of aliphatic carboxylic acids is 1. The molecule has 4 rings (SSSR count). The van der Waals surface area contributed by atoms with E-state index in [1.165, 1.54) is 23.5 Å². The van der Waals surface area contributed by atoms with E-state index < -0.39 is 17.2 Å². The van der Waals surface area contributed by atoms with E-state index in [1.807, 2.05) is 23.6 Å². The highest BCUT2D eigenvalue weighted by atomic mass is 35.5. The molecule has 1 aromatic carbocycles. The second kappa shape index (κ2) is 10.5. The molecule has 0 bridgehead atoms. The third-order valence-corrected chi connectivity index (χ3v) is 6.53. The summed E-state index contributed by atoms with van der Waals surface area (Å²) in [7, 11) is 0. The van der Waals surface area contributed by atoms with Gasteiger partial charge in [0.05, 0.1) is 16.5 Å². The van der Waals surface area contributed by atoms with Crippen LogP contribution in [0.5, 0.6) is 5.75 Å². The van der Waals surface area contributed by atoms with Gasteiger partial charge in [-0.3, -0.25) is 4.79 Å². The minimum Gasteiger partial charge on any atom is -0.487 e. The lowest BCUT2D eigenvalue weighted by atomic mass is 9.70. The van der Waals surface area contributed by atoms with E-state index in [4.69, 9.17) is 16.3 Å². The summed E-state index contributed by atoms with van der Waals surface area (Å²) < 4.78 is 19.9. The molecule has 6 nitrogen and oxygen atoms in total. The van der Waals surface area contributed by atoms with Crippen molar-refractivity contribution in [3.05, 3.63) is 64.5 Å². The molecule has 0 spiro atoms. The van der Waals surface area contributed by atoms with E-state index in [0.29, 0.717) is 43.6 Å². The zero-order valence-electron chi connectivity index (χ0n) is 17.0. The van der Waals surface area contributed by atoms with E-state index in [9.17, 15) is 14.3 Å². The first kappa shape index (κ1) is 24.2. The molecule has 0 amide bonds. The van der Waals surface area contributed by atoms with Crippen LogP contribution in [-0.2, 0) is 11.2 Å². The van der Waals surface area contributed by atoms with Gasteiger partial charge in [0, 0.05) is 23.7 Å². The van der Waals surface area contributed by atoms with Crippen LogP contribution in [0.1, 0.15) is 31.4 Å². The maximum Gasteiger partial charge on any atom is 0.310 e. The number of carbonyl (C=O) groups is 1. The normalized spacial score (nSPS) is 20.2. The number of hydrogen-bond donors (Lipinski definition) is 2. The monoisotopic (exact) mass is 497 g/mol. The molecule has 10 heteroatoms. The lowest BCUT2D eigenvalue weighted by Gasteiger charge is -2.36. The lowest BCUT2D eigenvalue weighted by Crippen LogP contribution is -2.40. The van der Waals surface area contributed by atoms with Crippen LogP contribution in [0, 0.1) is 11.2 Å². The molecule has 2 aromatic heterocycles. The number of ether oxygens (including phenoxy) is 1. The molecule has 0 saturated heterocycles. The summed E-state index contributed by atoms with van der Waals surface area (Å²) in [5.74, 6) is -0.711. The number of benzene rings is 1. The van der Waals surface area contributed by atoms with Crippen LogP contribution in [0.3, 0.4) is 0 Å². The van der Waals surface area contributed by atoms with Crippen molar-refractivity contribution in [2.45, 2.75) is 38.2 Å². The van der Waals surface area contributed by atoms with Gasteiger partial charge in [-0.1, -0.05) is 23.7 Å². The molecule has 0 radical (unpaired) electrons.